The largest absolute Gasteiger partial charge is 0.497 e. The molecule has 2 N–H and O–H groups in total. The van der Waals surface area contributed by atoms with E-state index < -0.39 is 0 Å². The maximum Gasteiger partial charge on any atom is 0.137 e. The Morgan fingerprint density at radius 2 is 1.41 bits per heavy atom. The van der Waals surface area contributed by atoms with Gasteiger partial charge in [-0.1, -0.05) is 18.7 Å². The average Bonchev–Trinajstić information content (AvgIpc) is 3.76. The predicted octanol–water partition coefficient (Wildman–Crippen LogP) is 6.31. The number of allylic oxidation sites excluding steroid dienone is 1. The normalized spacial score (nSPS) is 12.4. The summed E-state index contributed by atoms with van der Waals surface area (Å²) in [5.74, 6) is 1.85. The van der Waals surface area contributed by atoms with Gasteiger partial charge in [-0.15, -0.1) is 24.0 Å². The van der Waals surface area contributed by atoms with Gasteiger partial charge >= 0.3 is 0 Å². The molecular formula is C34H25N5O3S2. The SMILES string of the molecule is C=C(S)/C(C#N)=c1\[nH]c(-c2cc(OC)cc(OC)c2)c2/c(=C(\C#N)c3nc4ccccc4s3)[nH]c(-c3ccc(OC)cc3)c12. The molecule has 0 unspecified atom stereocenters. The molecule has 0 fully saturated rings. The number of nitrogens with zero attached hydrogens (tertiary/aromatic N) is 3. The Morgan fingerprint density at radius 3 is 2.00 bits per heavy atom. The van der Waals surface area contributed by atoms with Crippen LogP contribution >= 0.6 is 24.0 Å². The lowest BCUT2D eigenvalue weighted by Gasteiger charge is -2.08. The van der Waals surface area contributed by atoms with E-state index in [1.54, 1.807) is 27.4 Å². The minimum absolute atomic E-state index is 0.262. The number of rotatable bonds is 7. The van der Waals surface area contributed by atoms with Gasteiger partial charge in [0.05, 0.1) is 59.2 Å². The van der Waals surface area contributed by atoms with Gasteiger partial charge in [0.25, 0.3) is 0 Å². The highest BCUT2D eigenvalue weighted by molar-refractivity contribution is 7.85. The lowest BCUT2D eigenvalue weighted by atomic mass is 10.0. The number of fused-ring (bicyclic) bond motifs is 2. The lowest BCUT2D eigenvalue weighted by Crippen LogP contribution is -2.10. The van der Waals surface area contributed by atoms with Gasteiger partial charge in [0.2, 0.25) is 0 Å². The number of thiol groups is 1. The van der Waals surface area contributed by atoms with Crippen molar-refractivity contribution in [2.75, 3.05) is 21.3 Å². The van der Waals surface area contributed by atoms with Crippen molar-refractivity contribution in [1.29, 1.82) is 10.5 Å². The summed E-state index contributed by atoms with van der Waals surface area (Å²) in [6.45, 7) is 3.95. The number of thiazole rings is 1. The van der Waals surface area contributed by atoms with Crippen LogP contribution in [0.5, 0.6) is 17.2 Å². The second-order valence-electron chi connectivity index (χ2n) is 9.74. The molecule has 0 aliphatic rings. The fourth-order valence-electron chi connectivity index (χ4n) is 5.22. The number of para-hydroxylation sites is 1. The van der Waals surface area contributed by atoms with Crippen LogP contribution in [-0.2, 0) is 0 Å². The van der Waals surface area contributed by atoms with Crippen LogP contribution < -0.4 is 24.9 Å². The molecule has 3 aromatic carbocycles. The maximum atomic E-state index is 10.7. The van der Waals surface area contributed by atoms with E-state index in [4.69, 9.17) is 19.2 Å². The van der Waals surface area contributed by atoms with Gasteiger partial charge in [0.15, 0.2) is 0 Å². The number of nitrogens with one attached hydrogen (secondary N) is 2. The highest BCUT2D eigenvalue weighted by Gasteiger charge is 2.23. The lowest BCUT2D eigenvalue weighted by molar-refractivity contribution is 0.394. The van der Waals surface area contributed by atoms with Crippen LogP contribution in [0.4, 0.5) is 0 Å². The van der Waals surface area contributed by atoms with Crippen LogP contribution in [0.3, 0.4) is 0 Å². The molecule has 0 saturated carbocycles. The third-order valence-corrected chi connectivity index (χ3v) is 8.57. The summed E-state index contributed by atoms with van der Waals surface area (Å²) in [7, 11) is 4.77. The molecule has 8 nitrogen and oxygen atoms in total. The van der Waals surface area contributed by atoms with Gasteiger partial charge in [-0.3, -0.25) is 0 Å². The van der Waals surface area contributed by atoms with E-state index in [1.807, 2.05) is 60.7 Å². The highest BCUT2D eigenvalue weighted by Crippen LogP contribution is 2.36. The molecular weight excluding hydrogens is 591 g/mol. The Kier molecular flexibility index (Phi) is 7.62. The van der Waals surface area contributed by atoms with Crippen molar-refractivity contribution in [3.05, 3.63) is 93.9 Å². The van der Waals surface area contributed by atoms with Crippen molar-refractivity contribution in [2.45, 2.75) is 0 Å². The van der Waals surface area contributed by atoms with E-state index in [2.05, 4.69) is 41.3 Å². The molecule has 0 amide bonds. The average molecular weight is 616 g/mol. The van der Waals surface area contributed by atoms with Gasteiger partial charge in [0, 0.05) is 27.3 Å². The van der Waals surface area contributed by atoms with E-state index in [0.717, 1.165) is 21.3 Å². The fourth-order valence-corrected chi connectivity index (χ4v) is 6.35. The number of aromatic nitrogens is 3. The third kappa shape index (κ3) is 4.86. The van der Waals surface area contributed by atoms with Gasteiger partial charge in [-0.05, 0) is 54.1 Å². The van der Waals surface area contributed by atoms with Gasteiger partial charge in [0.1, 0.15) is 40.0 Å². The predicted molar refractivity (Wildman–Crippen MR) is 177 cm³/mol. The molecule has 0 aliphatic heterocycles. The second-order valence-corrected chi connectivity index (χ2v) is 11.3. The van der Waals surface area contributed by atoms with Crippen LogP contribution in [0, 0.1) is 22.7 Å². The number of aromatic amines is 2. The summed E-state index contributed by atoms with van der Waals surface area (Å²) >= 11 is 5.90. The molecule has 6 aromatic rings. The summed E-state index contributed by atoms with van der Waals surface area (Å²) < 4.78 is 17.5. The number of hydrogen-bond acceptors (Lipinski definition) is 8. The van der Waals surface area contributed by atoms with Gasteiger partial charge in [-0.25, -0.2) is 4.98 Å². The molecule has 0 spiro atoms. The zero-order chi connectivity index (χ0) is 31.0. The zero-order valence-electron chi connectivity index (χ0n) is 24.0. The Balaban J connectivity index is 1.86. The van der Waals surface area contributed by atoms with Crippen molar-refractivity contribution in [3.8, 4) is 51.9 Å². The second kappa shape index (κ2) is 11.7. The third-order valence-electron chi connectivity index (χ3n) is 7.29. The molecule has 0 saturated heterocycles. The summed E-state index contributed by atoms with van der Waals surface area (Å²) in [5, 5.41) is 23.9. The van der Waals surface area contributed by atoms with Crippen molar-refractivity contribution < 1.29 is 14.2 Å². The maximum absolute atomic E-state index is 10.7. The van der Waals surface area contributed by atoms with Crippen LogP contribution in [0.25, 0.3) is 54.7 Å². The minimum atomic E-state index is 0.262. The van der Waals surface area contributed by atoms with Crippen molar-refractivity contribution in [3.63, 3.8) is 0 Å². The molecule has 3 heterocycles. The first-order valence-corrected chi connectivity index (χ1v) is 14.6. The van der Waals surface area contributed by atoms with Crippen molar-refractivity contribution in [2.24, 2.45) is 0 Å². The van der Waals surface area contributed by atoms with Crippen LogP contribution in [-0.4, -0.2) is 36.3 Å². The Bertz CT molecular complexity index is 2240. The fraction of sp³-hybridized carbons (Fsp3) is 0.0882. The first-order chi connectivity index (χ1) is 21.4. The molecule has 3 aromatic heterocycles. The van der Waals surface area contributed by atoms with Gasteiger partial charge in [-0.2, -0.15) is 10.5 Å². The monoisotopic (exact) mass is 615 g/mol. The summed E-state index contributed by atoms with van der Waals surface area (Å²) in [6.07, 6.45) is 0. The smallest absolute Gasteiger partial charge is 0.137 e. The van der Waals surface area contributed by atoms with Crippen LogP contribution in [0.1, 0.15) is 5.01 Å². The summed E-state index contributed by atoms with van der Waals surface area (Å²) in [5.41, 5.74) is 4.32. The summed E-state index contributed by atoms with van der Waals surface area (Å²) in [6, 6.07) is 25.5. The molecule has 0 bridgehead atoms. The molecule has 6 rings (SSSR count). The number of benzene rings is 3. The van der Waals surface area contributed by atoms with Crippen LogP contribution in [0.15, 0.2) is 78.2 Å². The first kappa shape index (κ1) is 28.7. The molecule has 44 heavy (non-hydrogen) atoms. The van der Waals surface area contributed by atoms with Crippen molar-refractivity contribution in [1.82, 2.24) is 15.0 Å². The number of nitriles is 2. The van der Waals surface area contributed by atoms with E-state index in [0.29, 0.717) is 65.6 Å². The zero-order valence-corrected chi connectivity index (χ0v) is 25.7. The van der Waals surface area contributed by atoms with E-state index in [1.165, 1.54) is 11.3 Å². The van der Waals surface area contributed by atoms with Crippen LogP contribution in [0.2, 0.25) is 0 Å². The molecule has 0 radical (unpaired) electrons. The first-order valence-electron chi connectivity index (χ1n) is 13.3. The quantitative estimate of drug-likeness (QED) is 0.181. The minimum Gasteiger partial charge on any atom is -0.497 e. The summed E-state index contributed by atoms with van der Waals surface area (Å²) in [4.78, 5) is 12.1. The number of H-pyrrole nitrogens is 2. The standard InChI is InChI=1S/C34H25N5O3S2/c1-18(43)24(16-35)32-28-29(31(39-32)20-13-22(41-3)15-23(14-20)42-4)33(38-30(28)19-9-11-21(40-2)12-10-19)25(17-36)34-37-26-7-5-6-8-27(26)44-34/h5-15,38-39,43H,1H2,2-4H3/b32-24-,33-25-. The number of ether oxygens (including phenoxy) is 3. The number of hydrogen-bond donors (Lipinski definition) is 3. The molecule has 216 valence electrons. The Morgan fingerprint density at radius 1 is 0.795 bits per heavy atom. The van der Waals surface area contributed by atoms with Gasteiger partial charge < -0.3 is 24.2 Å². The number of methoxy groups -OCH3 is 3. The molecule has 10 heteroatoms. The van der Waals surface area contributed by atoms with E-state index in [-0.39, 0.29) is 5.57 Å². The topological polar surface area (TPSA) is 120 Å². The Hall–Kier alpha value is -5.42. The molecule has 0 atom stereocenters. The van der Waals surface area contributed by atoms with E-state index in [9.17, 15) is 10.5 Å². The highest BCUT2D eigenvalue weighted by atomic mass is 32.1. The van der Waals surface area contributed by atoms with Crippen molar-refractivity contribution >= 4 is 56.1 Å². The molecule has 0 aliphatic carbocycles. The van der Waals surface area contributed by atoms with E-state index >= 15 is 0 Å². The Labute approximate surface area is 262 Å².